The first kappa shape index (κ1) is 23.8. The van der Waals surface area contributed by atoms with Gasteiger partial charge in [-0.3, -0.25) is 4.79 Å². The average Bonchev–Trinajstić information content (AvgIpc) is 3.20. The number of benzene rings is 3. The van der Waals surface area contributed by atoms with Crippen molar-refractivity contribution in [1.82, 2.24) is 9.88 Å². The highest BCUT2D eigenvalue weighted by molar-refractivity contribution is 6.31. The van der Waals surface area contributed by atoms with Crippen molar-refractivity contribution in [3.8, 4) is 0 Å². The van der Waals surface area contributed by atoms with E-state index in [-0.39, 0.29) is 25.5 Å². The molecule has 1 aliphatic rings. The van der Waals surface area contributed by atoms with Gasteiger partial charge < -0.3 is 29.9 Å². The van der Waals surface area contributed by atoms with Crippen molar-refractivity contribution >= 4 is 39.2 Å². The number of hydrogen-bond acceptors (Lipinski definition) is 5. The van der Waals surface area contributed by atoms with Crippen LogP contribution in [0.5, 0.6) is 0 Å². The first-order chi connectivity index (χ1) is 16.9. The number of halogens is 1. The zero-order chi connectivity index (χ0) is 24.5. The van der Waals surface area contributed by atoms with Crippen LogP contribution in [0, 0.1) is 5.92 Å². The van der Waals surface area contributed by atoms with Crippen molar-refractivity contribution in [3.05, 3.63) is 83.0 Å². The lowest BCUT2D eigenvalue weighted by molar-refractivity contribution is -0.229. The van der Waals surface area contributed by atoms with E-state index in [4.69, 9.17) is 16.3 Å². The van der Waals surface area contributed by atoms with Gasteiger partial charge in [0.1, 0.15) is 0 Å². The number of fused-ring (bicyclic) bond motifs is 2. The van der Waals surface area contributed by atoms with Crippen molar-refractivity contribution in [2.45, 2.75) is 31.5 Å². The third kappa shape index (κ3) is 4.91. The monoisotopic (exact) mass is 494 g/mol. The number of hydrogen-bond donors (Lipinski definition) is 4. The molecule has 0 saturated carbocycles. The summed E-state index contributed by atoms with van der Waals surface area (Å²) in [6.07, 6.45) is -0.811. The summed E-state index contributed by atoms with van der Waals surface area (Å²) in [4.78, 5) is 13.2. The second-order valence-electron chi connectivity index (χ2n) is 9.02. The molecule has 0 spiro atoms. The molecule has 1 unspecified atom stereocenters. The Morgan fingerprint density at radius 3 is 2.66 bits per heavy atom. The molecular weight excluding hydrogens is 468 g/mol. The number of amides is 1. The number of aliphatic hydroxyl groups excluding tert-OH is 3. The number of carbonyl (C=O) groups excluding carboxylic acids is 1. The van der Waals surface area contributed by atoms with Crippen molar-refractivity contribution in [2.75, 3.05) is 13.2 Å². The van der Waals surface area contributed by atoms with Crippen LogP contribution in [0.3, 0.4) is 0 Å². The van der Waals surface area contributed by atoms with Crippen LogP contribution in [0.1, 0.15) is 22.3 Å². The van der Waals surface area contributed by atoms with Crippen LogP contribution >= 0.6 is 11.6 Å². The summed E-state index contributed by atoms with van der Waals surface area (Å²) in [5, 5.41) is 36.2. The molecule has 4 aromatic rings. The molecule has 1 saturated heterocycles. The average molecular weight is 495 g/mol. The normalized spacial score (nSPS) is 22.5. The van der Waals surface area contributed by atoms with Gasteiger partial charge in [0.15, 0.2) is 6.29 Å². The highest BCUT2D eigenvalue weighted by Gasteiger charge is 2.36. The molecule has 7 nitrogen and oxygen atoms in total. The molecule has 8 heteroatoms. The first-order valence-electron chi connectivity index (χ1n) is 11.6. The molecule has 3 aromatic carbocycles. The fraction of sp³-hybridized carbons (Fsp3) is 0.296. The lowest BCUT2D eigenvalue weighted by atomic mass is 9.93. The molecule has 0 radical (unpaired) electrons. The Hall–Kier alpha value is -2.94. The molecule has 1 aromatic heterocycles. The lowest BCUT2D eigenvalue weighted by Gasteiger charge is -2.36. The minimum absolute atomic E-state index is 0.0250. The fourth-order valence-corrected chi connectivity index (χ4v) is 4.94. The highest BCUT2D eigenvalue weighted by Crippen LogP contribution is 2.28. The highest BCUT2D eigenvalue weighted by atomic mass is 35.5. The van der Waals surface area contributed by atoms with Crippen LogP contribution in [0.4, 0.5) is 0 Å². The molecule has 35 heavy (non-hydrogen) atoms. The Balaban J connectivity index is 1.39. The summed E-state index contributed by atoms with van der Waals surface area (Å²) in [5.74, 6) is -1.03. The van der Waals surface area contributed by atoms with Crippen molar-refractivity contribution in [2.24, 2.45) is 5.92 Å². The van der Waals surface area contributed by atoms with E-state index < -0.39 is 24.4 Å². The van der Waals surface area contributed by atoms with E-state index in [1.165, 1.54) is 5.39 Å². The van der Waals surface area contributed by atoms with Gasteiger partial charge in [-0.05, 0) is 40.6 Å². The molecule has 2 heterocycles. The van der Waals surface area contributed by atoms with E-state index in [9.17, 15) is 20.1 Å². The zero-order valence-electron chi connectivity index (χ0n) is 19.0. The maximum absolute atomic E-state index is 13.2. The van der Waals surface area contributed by atoms with Crippen molar-refractivity contribution < 1.29 is 24.9 Å². The molecule has 4 atom stereocenters. The number of aromatic nitrogens is 1. The lowest BCUT2D eigenvalue weighted by Crippen LogP contribution is -2.50. The summed E-state index contributed by atoms with van der Waals surface area (Å²) in [6.45, 7) is 0.314. The van der Waals surface area contributed by atoms with E-state index in [1.54, 1.807) is 18.3 Å². The Morgan fingerprint density at radius 2 is 1.89 bits per heavy atom. The van der Waals surface area contributed by atoms with Gasteiger partial charge in [-0.15, -0.1) is 0 Å². The van der Waals surface area contributed by atoms with Gasteiger partial charge in [0.05, 0.1) is 30.3 Å². The molecule has 1 fully saturated rings. The Labute approximate surface area is 207 Å². The third-order valence-corrected chi connectivity index (χ3v) is 6.89. The molecule has 0 aliphatic carbocycles. The van der Waals surface area contributed by atoms with Gasteiger partial charge in [-0.1, -0.05) is 48.0 Å². The number of aliphatic hydroxyl groups is 3. The second-order valence-corrected chi connectivity index (χ2v) is 9.46. The van der Waals surface area contributed by atoms with Crippen molar-refractivity contribution in [3.63, 3.8) is 0 Å². The molecule has 4 N–H and O–H groups in total. The fourth-order valence-electron chi connectivity index (χ4n) is 4.76. The predicted octanol–water partition coefficient (Wildman–Crippen LogP) is 3.30. The minimum atomic E-state index is -1.28. The largest absolute Gasteiger partial charge is 0.394 e. The van der Waals surface area contributed by atoms with Crippen LogP contribution in [0.15, 0.2) is 66.9 Å². The van der Waals surface area contributed by atoms with Crippen LogP contribution < -0.4 is 5.32 Å². The van der Waals surface area contributed by atoms with Gasteiger partial charge in [0.2, 0.25) is 0 Å². The minimum Gasteiger partial charge on any atom is -0.394 e. The molecular formula is C27H27ClN2O5. The Kier molecular flexibility index (Phi) is 6.77. The molecule has 1 amide bonds. The SMILES string of the molecule is O=C(NC[C@@H]1C(O)O[C@H](CO)C[C@@H]1O)c1cn(Cc2ccc3ccccc3c2)c2ccc(Cl)cc12. The quantitative estimate of drug-likeness (QED) is 0.329. The van der Waals surface area contributed by atoms with Crippen LogP contribution in [0.25, 0.3) is 21.7 Å². The van der Waals surface area contributed by atoms with E-state index in [0.29, 0.717) is 17.1 Å². The smallest absolute Gasteiger partial charge is 0.253 e. The van der Waals surface area contributed by atoms with Crippen molar-refractivity contribution in [1.29, 1.82) is 0 Å². The number of rotatable bonds is 6. The van der Waals surface area contributed by atoms with Gasteiger partial charge in [0.25, 0.3) is 5.91 Å². The summed E-state index contributed by atoms with van der Waals surface area (Å²) in [6, 6.07) is 19.9. The first-order valence-corrected chi connectivity index (χ1v) is 12.0. The van der Waals surface area contributed by atoms with Gasteiger partial charge in [0, 0.05) is 41.6 Å². The maximum Gasteiger partial charge on any atom is 0.253 e. The van der Waals surface area contributed by atoms with E-state index in [2.05, 4.69) is 35.6 Å². The third-order valence-electron chi connectivity index (χ3n) is 6.65. The van der Waals surface area contributed by atoms with E-state index in [0.717, 1.165) is 21.9 Å². The molecule has 5 rings (SSSR count). The van der Waals surface area contributed by atoms with Crippen LogP contribution in [-0.2, 0) is 11.3 Å². The van der Waals surface area contributed by atoms with Gasteiger partial charge in [-0.25, -0.2) is 0 Å². The van der Waals surface area contributed by atoms with Crippen LogP contribution in [0.2, 0.25) is 5.02 Å². The predicted molar refractivity (Wildman–Crippen MR) is 134 cm³/mol. The number of ether oxygens (including phenoxy) is 1. The summed E-state index contributed by atoms with van der Waals surface area (Å²) in [5.41, 5.74) is 2.43. The Morgan fingerprint density at radius 1 is 1.09 bits per heavy atom. The Bertz CT molecular complexity index is 1360. The maximum atomic E-state index is 13.2. The topological polar surface area (TPSA) is 104 Å². The summed E-state index contributed by atoms with van der Waals surface area (Å²) in [7, 11) is 0. The van der Waals surface area contributed by atoms with Gasteiger partial charge in [-0.2, -0.15) is 0 Å². The summed E-state index contributed by atoms with van der Waals surface area (Å²) < 4.78 is 7.33. The van der Waals surface area contributed by atoms with E-state index in [1.807, 2.05) is 22.8 Å². The molecule has 1 aliphatic heterocycles. The number of nitrogens with one attached hydrogen (secondary N) is 1. The van der Waals surface area contributed by atoms with Crippen LogP contribution in [-0.4, -0.2) is 57.4 Å². The second kappa shape index (κ2) is 9.97. The zero-order valence-corrected chi connectivity index (χ0v) is 19.7. The number of nitrogens with zero attached hydrogens (tertiary/aromatic N) is 1. The van der Waals surface area contributed by atoms with Gasteiger partial charge >= 0.3 is 0 Å². The van der Waals surface area contributed by atoms with E-state index >= 15 is 0 Å². The number of carbonyl (C=O) groups is 1. The standard InChI is InChI=1S/C27H27ClN2O5/c28-19-7-8-24-21(10-19)23(26(33)29-12-22-25(32)11-20(15-31)35-27(22)34)14-30(24)13-16-5-6-17-3-1-2-4-18(17)9-16/h1-10,14,20,22,25,27,31-32,34H,11-13,15H2,(H,29,33)/t20-,22-,25-,27?/m0/s1. The molecule has 182 valence electrons. The summed E-state index contributed by atoms with van der Waals surface area (Å²) >= 11 is 6.25. The molecule has 0 bridgehead atoms.